The number of nitrogens with one attached hydrogen (secondary N) is 3. The highest BCUT2D eigenvalue weighted by atomic mass is 19.1. The van der Waals surface area contributed by atoms with E-state index in [1.165, 1.54) is 18.2 Å². The van der Waals surface area contributed by atoms with Gasteiger partial charge >= 0.3 is 5.97 Å². The second-order valence-electron chi connectivity index (χ2n) is 5.68. The minimum atomic E-state index is -1.05. The number of carbonyl (C=O) groups excluding carboxylic acids is 1. The predicted molar refractivity (Wildman–Crippen MR) is 95.9 cm³/mol. The molecule has 0 atom stereocenters. The molecule has 7 nitrogen and oxygen atoms in total. The summed E-state index contributed by atoms with van der Waals surface area (Å²) in [7, 11) is 0. The van der Waals surface area contributed by atoms with Gasteiger partial charge in [0.1, 0.15) is 18.2 Å². The molecule has 0 bridgehead atoms. The molecule has 6 N–H and O–H groups in total. The molecule has 2 aromatic carbocycles. The summed E-state index contributed by atoms with van der Waals surface area (Å²) in [6, 6.07) is 8.88. The summed E-state index contributed by atoms with van der Waals surface area (Å²) < 4.78 is 13.3. The number of amidine groups is 1. The first-order chi connectivity index (χ1) is 12.3. The highest BCUT2D eigenvalue weighted by Gasteiger charge is 2.11. The normalized spacial score (nSPS) is 10.2. The van der Waals surface area contributed by atoms with Crippen molar-refractivity contribution in [2.45, 2.75) is 13.5 Å². The maximum absolute atomic E-state index is 13.3. The molecule has 1 amide bonds. The van der Waals surface area contributed by atoms with Gasteiger partial charge in [0.25, 0.3) is 5.91 Å². The molecular formula is C18H19FN4O3. The minimum Gasteiger partial charge on any atom is -0.480 e. The van der Waals surface area contributed by atoms with Crippen molar-refractivity contribution in [2.75, 3.05) is 11.9 Å². The lowest BCUT2D eigenvalue weighted by Crippen LogP contribution is -2.24. The fourth-order valence-corrected chi connectivity index (χ4v) is 2.30. The van der Waals surface area contributed by atoms with Crippen LogP contribution in [0.25, 0.3) is 0 Å². The van der Waals surface area contributed by atoms with Gasteiger partial charge in [0.2, 0.25) is 0 Å². The number of aryl methyl sites for hydroxylation is 1. The lowest BCUT2D eigenvalue weighted by Gasteiger charge is -2.14. The van der Waals surface area contributed by atoms with E-state index in [-0.39, 0.29) is 30.6 Å². The van der Waals surface area contributed by atoms with Gasteiger partial charge in [0.15, 0.2) is 0 Å². The van der Waals surface area contributed by atoms with Crippen LogP contribution in [0.1, 0.15) is 27.0 Å². The highest BCUT2D eigenvalue weighted by molar-refractivity contribution is 5.96. The van der Waals surface area contributed by atoms with Crippen LogP contribution in [-0.2, 0) is 11.3 Å². The second kappa shape index (κ2) is 8.11. The van der Waals surface area contributed by atoms with Gasteiger partial charge in [-0.25, -0.2) is 4.39 Å². The molecule has 0 fully saturated rings. The maximum Gasteiger partial charge on any atom is 0.322 e. The van der Waals surface area contributed by atoms with Gasteiger partial charge in [-0.05, 0) is 42.3 Å². The average Bonchev–Trinajstić information content (AvgIpc) is 2.60. The lowest BCUT2D eigenvalue weighted by atomic mass is 10.1. The molecule has 0 heterocycles. The van der Waals surface area contributed by atoms with Crippen LogP contribution in [0.5, 0.6) is 0 Å². The van der Waals surface area contributed by atoms with Crippen LogP contribution in [0.4, 0.5) is 10.1 Å². The number of nitrogen functional groups attached to an aromatic ring is 1. The van der Waals surface area contributed by atoms with Crippen LogP contribution in [0.3, 0.4) is 0 Å². The molecule has 0 aromatic heterocycles. The van der Waals surface area contributed by atoms with Crippen molar-refractivity contribution >= 4 is 23.4 Å². The van der Waals surface area contributed by atoms with Crippen molar-refractivity contribution in [3.63, 3.8) is 0 Å². The minimum absolute atomic E-state index is 0.120. The van der Waals surface area contributed by atoms with Gasteiger partial charge in [-0.1, -0.05) is 12.1 Å². The fraction of sp³-hybridized carbons (Fsp3) is 0.167. The van der Waals surface area contributed by atoms with Crippen molar-refractivity contribution in [3.05, 3.63) is 64.5 Å². The average molecular weight is 358 g/mol. The number of benzene rings is 2. The van der Waals surface area contributed by atoms with E-state index in [0.717, 1.165) is 0 Å². The molecule has 0 aliphatic rings. The Morgan fingerprint density at radius 2 is 1.88 bits per heavy atom. The van der Waals surface area contributed by atoms with Gasteiger partial charge in [0.05, 0.1) is 0 Å². The van der Waals surface area contributed by atoms with E-state index >= 15 is 0 Å². The third-order valence-electron chi connectivity index (χ3n) is 3.71. The first-order valence-electron chi connectivity index (χ1n) is 7.75. The third-order valence-corrected chi connectivity index (χ3v) is 3.71. The van der Waals surface area contributed by atoms with Crippen molar-refractivity contribution in [3.8, 4) is 0 Å². The SMILES string of the molecule is Cc1cc(C(=O)NCc2ccc(C(=N)N)cc2NCC(=O)O)ccc1F. The van der Waals surface area contributed by atoms with E-state index in [9.17, 15) is 14.0 Å². The summed E-state index contributed by atoms with van der Waals surface area (Å²) in [6.07, 6.45) is 0. The number of hydrogen-bond acceptors (Lipinski definition) is 4. The topological polar surface area (TPSA) is 128 Å². The number of anilines is 1. The van der Waals surface area contributed by atoms with Crippen molar-refractivity contribution in [2.24, 2.45) is 5.73 Å². The monoisotopic (exact) mass is 358 g/mol. The summed E-state index contributed by atoms with van der Waals surface area (Å²) in [4.78, 5) is 23.0. The van der Waals surface area contributed by atoms with E-state index < -0.39 is 5.97 Å². The second-order valence-corrected chi connectivity index (χ2v) is 5.68. The quantitative estimate of drug-likeness (QED) is 0.381. The van der Waals surface area contributed by atoms with E-state index in [1.807, 2.05) is 0 Å². The van der Waals surface area contributed by atoms with Gasteiger partial charge in [-0.15, -0.1) is 0 Å². The Morgan fingerprint density at radius 1 is 1.19 bits per heavy atom. The summed E-state index contributed by atoms with van der Waals surface area (Å²) in [5.41, 5.74) is 7.66. The van der Waals surface area contributed by atoms with Gasteiger partial charge in [-0.3, -0.25) is 15.0 Å². The number of halogens is 1. The number of aliphatic carboxylic acids is 1. The summed E-state index contributed by atoms with van der Waals surface area (Å²) >= 11 is 0. The Hall–Kier alpha value is -3.42. The maximum atomic E-state index is 13.3. The molecule has 0 saturated heterocycles. The number of amides is 1. The van der Waals surface area contributed by atoms with Crippen LogP contribution in [0, 0.1) is 18.2 Å². The molecule has 0 spiro atoms. The standard InChI is InChI=1S/C18H19FN4O3/c1-10-6-12(4-5-14(10)19)18(26)23-8-13-3-2-11(17(20)21)7-15(13)22-9-16(24)25/h2-7,22H,8-9H2,1H3,(H3,20,21)(H,23,26)(H,24,25). The molecular weight excluding hydrogens is 339 g/mol. The zero-order valence-corrected chi connectivity index (χ0v) is 14.1. The summed E-state index contributed by atoms with van der Waals surface area (Å²) in [5.74, 6) is -1.97. The molecule has 26 heavy (non-hydrogen) atoms. The Balaban J connectivity index is 2.16. The predicted octanol–water partition coefficient (Wildman–Crippen LogP) is 1.84. The molecule has 136 valence electrons. The van der Waals surface area contributed by atoms with E-state index in [4.69, 9.17) is 16.2 Å². The summed E-state index contributed by atoms with van der Waals surface area (Å²) in [5, 5.41) is 21.7. The number of carboxylic acids is 1. The van der Waals surface area contributed by atoms with Gasteiger partial charge in [0, 0.05) is 23.4 Å². The molecule has 0 aliphatic carbocycles. The fourth-order valence-electron chi connectivity index (χ4n) is 2.30. The third kappa shape index (κ3) is 4.79. The Bertz CT molecular complexity index is 868. The number of carboxylic acid groups (broad SMARTS) is 1. The molecule has 0 saturated carbocycles. The summed E-state index contributed by atoms with van der Waals surface area (Å²) in [6.45, 7) is 1.37. The molecule has 8 heteroatoms. The molecule has 0 aliphatic heterocycles. The Morgan fingerprint density at radius 3 is 2.50 bits per heavy atom. The zero-order chi connectivity index (χ0) is 19.3. The Labute approximate surface area is 149 Å². The first kappa shape index (κ1) is 18.9. The smallest absolute Gasteiger partial charge is 0.322 e. The zero-order valence-electron chi connectivity index (χ0n) is 14.1. The van der Waals surface area contributed by atoms with Crippen LogP contribution in [0.2, 0.25) is 0 Å². The van der Waals surface area contributed by atoms with E-state index in [0.29, 0.717) is 27.9 Å². The van der Waals surface area contributed by atoms with Crippen molar-refractivity contribution in [1.82, 2.24) is 5.32 Å². The van der Waals surface area contributed by atoms with Gasteiger partial charge in [-0.2, -0.15) is 0 Å². The van der Waals surface area contributed by atoms with Crippen LogP contribution >= 0.6 is 0 Å². The Kier molecular flexibility index (Phi) is 5.90. The highest BCUT2D eigenvalue weighted by Crippen LogP contribution is 2.18. The van der Waals surface area contributed by atoms with Crippen LogP contribution in [-0.4, -0.2) is 29.4 Å². The molecule has 0 radical (unpaired) electrons. The molecule has 2 aromatic rings. The molecule has 2 rings (SSSR count). The number of rotatable bonds is 7. The van der Waals surface area contributed by atoms with Gasteiger partial charge < -0.3 is 21.5 Å². The number of hydrogen-bond donors (Lipinski definition) is 5. The first-order valence-corrected chi connectivity index (χ1v) is 7.75. The van der Waals surface area contributed by atoms with Crippen molar-refractivity contribution < 1.29 is 19.1 Å². The number of carbonyl (C=O) groups is 2. The van der Waals surface area contributed by atoms with Crippen LogP contribution in [0.15, 0.2) is 36.4 Å². The lowest BCUT2D eigenvalue weighted by molar-refractivity contribution is -0.134. The van der Waals surface area contributed by atoms with Crippen LogP contribution < -0.4 is 16.4 Å². The molecule has 0 unspecified atom stereocenters. The van der Waals surface area contributed by atoms with Crippen molar-refractivity contribution in [1.29, 1.82) is 5.41 Å². The van der Waals surface area contributed by atoms with E-state index in [2.05, 4.69) is 10.6 Å². The number of nitrogens with two attached hydrogens (primary N) is 1. The largest absolute Gasteiger partial charge is 0.480 e. The van der Waals surface area contributed by atoms with E-state index in [1.54, 1.807) is 25.1 Å².